The SMILES string of the molecule is CC1CN(S(=O)(=O)c2ccc(C(=O)N3CCN(CC=Cc4ccccc4)CC3)cc2)CC(C)O1. The summed E-state index contributed by atoms with van der Waals surface area (Å²) in [5, 5.41) is 0. The van der Waals surface area contributed by atoms with Crippen LogP contribution >= 0.6 is 0 Å². The van der Waals surface area contributed by atoms with Gasteiger partial charge in [0.1, 0.15) is 0 Å². The summed E-state index contributed by atoms with van der Waals surface area (Å²) in [7, 11) is -3.62. The Morgan fingerprint density at radius 1 is 0.941 bits per heavy atom. The third-order valence-corrected chi connectivity index (χ3v) is 8.10. The third kappa shape index (κ3) is 5.93. The molecule has 182 valence electrons. The Morgan fingerprint density at radius 2 is 1.56 bits per heavy atom. The lowest BCUT2D eigenvalue weighted by molar-refractivity contribution is -0.0440. The van der Waals surface area contributed by atoms with Crippen molar-refractivity contribution in [1.82, 2.24) is 14.1 Å². The Kier molecular flexibility index (Phi) is 7.83. The van der Waals surface area contributed by atoms with Gasteiger partial charge < -0.3 is 9.64 Å². The van der Waals surface area contributed by atoms with Crippen molar-refractivity contribution in [2.45, 2.75) is 31.0 Å². The Bertz CT molecular complexity index is 1080. The number of carbonyl (C=O) groups is 1. The number of piperazine rings is 1. The molecule has 2 aliphatic heterocycles. The van der Waals surface area contributed by atoms with Gasteiger partial charge in [-0.05, 0) is 43.7 Å². The van der Waals surface area contributed by atoms with Crippen LogP contribution in [0.5, 0.6) is 0 Å². The van der Waals surface area contributed by atoms with Gasteiger partial charge in [0.05, 0.1) is 17.1 Å². The highest BCUT2D eigenvalue weighted by molar-refractivity contribution is 7.89. The summed E-state index contributed by atoms with van der Waals surface area (Å²) in [6, 6.07) is 16.5. The molecular formula is C26H33N3O4S. The van der Waals surface area contributed by atoms with Crippen molar-refractivity contribution < 1.29 is 17.9 Å². The average molecular weight is 484 g/mol. The van der Waals surface area contributed by atoms with Gasteiger partial charge in [-0.25, -0.2) is 8.42 Å². The minimum Gasteiger partial charge on any atom is -0.373 e. The van der Waals surface area contributed by atoms with Crippen molar-refractivity contribution in [3.8, 4) is 0 Å². The molecule has 0 saturated carbocycles. The van der Waals surface area contributed by atoms with E-state index in [2.05, 4.69) is 29.2 Å². The van der Waals surface area contributed by atoms with E-state index in [1.807, 2.05) is 36.9 Å². The van der Waals surface area contributed by atoms with E-state index in [4.69, 9.17) is 4.74 Å². The number of rotatable bonds is 6. The molecule has 0 aromatic heterocycles. The van der Waals surface area contributed by atoms with Gasteiger partial charge in [-0.15, -0.1) is 0 Å². The first-order chi connectivity index (χ1) is 16.3. The summed E-state index contributed by atoms with van der Waals surface area (Å²) in [6.07, 6.45) is 3.98. The predicted octanol–water partition coefficient (Wildman–Crippen LogP) is 2.96. The lowest BCUT2D eigenvalue weighted by atomic mass is 10.2. The lowest BCUT2D eigenvalue weighted by Crippen LogP contribution is -2.48. The topological polar surface area (TPSA) is 70.2 Å². The fourth-order valence-corrected chi connectivity index (χ4v) is 6.05. The molecule has 2 heterocycles. The maximum atomic E-state index is 13.0. The first-order valence-corrected chi connectivity index (χ1v) is 13.3. The molecule has 4 rings (SSSR count). The molecule has 0 N–H and O–H groups in total. The number of ether oxygens (including phenoxy) is 1. The molecule has 2 fully saturated rings. The van der Waals surface area contributed by atoms with Gasteiger partial charge in [0.25, 0.3) is 5.91 Å². The summed E-state index contributed by atoms with van der Waals surface area (Å²) in [5.74, 6) is -0.0583. The third-order valence-electron chi connectivity index (χ3n) is 6.26. The number of nitrogens with zero attached hydrogens (tertiary/aromatic N) is 3. The van der Waals surface area contributed by atoms with E-state index < -0.39 is 10.0 Å². The zero-order chi connectivity index (χ0) is 24.1. The molecule has 7 nitrogen and oxygen atoms in total. The van der Waals surface area contributed by atoms with Crippen molar-refractivity contribution in [2.75, 3.05) is 45.8 Å². The highest BCUT2D eigenvalue weighted by atomic mass is 32.2. The molecule has 1 amide bonds. The van der Waals surface area contributed by atoms with E-state index >= 15 is 0 Å². The number of hydrogen-bond acceptors (Lipinski definition) is 5. The molecule has 2 aliphatic rings. The van der Waals surface area contributed by atoms with Crippen molar-refractivity contribution in [3.05, 3.63) is 71.8 Å². The van der Waals surface area contributed by atoms with Gasteiger partial charge in [0.2, 0.25) is 10.0 Å². The predicted molar refractivity (Wildman–Crippen MR) is 133 cm³/mol. The molecule has 2 atom stereocenters. The zero-order valence-electron chi connectivity index (χ0n) is 19.8. The molecule has 2 unspecified atom stereocenters. The molecule has 0 bridgehead atoms. The van der Waals surface area contributed by atoms with Crippen LogP contribution in [0.1, 0.15) is 29.8 Å². The normalized spacial score (nSPS) is 22.8. The van der Waals surface area contributed by atoms with Gasteiger partial charge in [-0.3, -0.25) is 9.69 Å². The number of benzene rings is 2. The largest absolute Gasteiger partial charge is 0.373 e. The molecule has 0 spiro atoms. The van der Waals surface area contributed by atoms with E-state index in [0.29, 0.717) is 31.7 Å². The van der Waals surface area contributed by atoms with E-state index in [-0.39, 0.29) is 23.0 Å². The highest BCUT2D eigenvalue weighted by Gasteiger charge is 2.32. The van der Waals surface area contributed by atoms with Crippen molar-refractivity contribution in [3.63, 3.8) is 0 Å². The molecule has 34 heavy (non-hydrogen) atoms. The van der Waals surface area contributed by atoms with Crippen LogP contribution in [0, 0.1) is 0 Å². The van der Waals surface area contributed by atoms with Crippen LogP contribution < -0.4 is 0 Å². The van der Waals surface area contributed by atoms with Gasteiger partial charge in [-0.1, -0.05) is 42.5 Å². The van der Waals surface area contributed by atoms with Crippen LogP contribution in [-0.2, 0) is 14.8 Å². The smallest absolute Gasteiger partial charge is 0.253 e. The van der Waals surface area contributed by atoms with Crippen LogP contribution in [0.3, 0.4) is 0 Å². The van der Waals surface area contributed by atoms with Crippen LogP contribution in [0.4, 0.5) is 0 Å². The number of carbonyl (C=O) groups excluding carboxylic acids is 1. The average Bonchev–Trinajstić information content (AvgIpc) is 2.84. The molecular weight excluding hydrogens is 450 g/mol. The molecule has 8 heteroatoms. The zero-order valence-corrected chi connectivity index (χ0v) is 20.7. The van der Waals surface area contributed by atoms with Crippen molar-refractivity contribution >= 4 is 22.0 Å². The summed E-state index contributed by atoms with van der Waals surface area (Å²) in [6.45, 7) is 8.19. The number of amides is 1. The number of morpholine rings is 1. The molecule has 2 aromatic carbocycles. The second-order valence-electron chi connectivity index (χ2n) is 9.01. The summed E-state index contributed by atoms with van der Waals surface area (Å²) >= 11 is 0. The van der Waals surface area contributed by atoms with E-state index in [1.54, 1.807) is 12.1 Å². The Labute approximate surface area is 202 Å². The van der Waals surface area contributed by atoms with Crippen LogP contribution in [0.2, 0.25) is 0 Å². The summed E-state index contributed by atoms with van der Waals surface area (Å²) < 4.78 is 33.2. The van der Waals surface area contributed by atoms with Crippen molar-refractivity contribution in [2.24, 2.45) is 0 Å². The van der Waals surface area contributed by atoms with Crippen LogP contribution in [0.15, 0.2) is 65.6 Å². The van der Waals surface area contributed by atoms with Gasteiger partial charge >= 0.3 is 0 Å². The molecule has 0 aliphatic carbocycles. The van der Waals surface area contributed by atoms with E-state index in [9.17, 15) is 13.2 Å². The quantitative estimate of drug-likeness (QED) is 0.632. The minimum atomic E-state index is -3.62. The Balaban J connectivity index is 1.31. The first kappa shape index (κ1) is 24.6. The van der Waals surface area contributed by atoms with Crippen LogP contribution in [0.25, 0.3) is 6.08 Å². The highest BCUT2D eigenvalue weighted by Crippen LogP contribution is 2.22. The minimum absolute atomic E-state index is 0.0583. The summed E-state index contributed by atoms with van der Waals surface area (Å²) in [5.41, 5.74) is 1.69. The fourth-order valence-electron chi connectivity index (χ4n) is 4.46. The van der Waals surface area contributed by atoms with Crippen molar-refractivity contribution in [1.29, 1.82) is 0 Å². The summed E-state index contributed by atoms with van der Waals surface area (Å²) in [4.78, 5) is 17.3. The van der Waals surface area contributed by atoms with Gasteiger partial charge in [-0.2, -0.15) is 4.31 Å². The van der Waals surface area contributed by atoms with Crippen LogP contribution in [-0.4, -0.2) is 86.5 Å². The Hall–Kier alpha value is -2.52. The second-order valence-corrected chi connectivity index (χ2v) is 10.9. The van der Waals surface area contributed by atoms with Gasteiger partial charge in [0, 0.05) is 51.4 Å². The molecule has 2 aromatic rings. The molecule has 0 radical (unpaired) electrons. The van der Waals surface area contributed by atoms with E-state index in [1.165, 1.54) is 22.0 Å². The maximum Gasteiger partial charge on any atom is 0.253 e. The van der Waals surface area contributed by atoms with Gasteiger partial charge in [0.15, 0.2) is 0 Å². The number of hydrogen-bond donors (Lipinski definition) is 0. The fraction of sp³-hybridized carbons (Fsp3) is 0.423. The molecule has 2 saturated heterocycles. The number of sulfonamides is 1. The lowest BCUT2D eigenvalue weighted by Gasteiger charge is -2.34. The second kappa shape index (κ2) is 10.8. The maximum absolute atomic E-state index is 13.0. The van der Waals surface area contributed by atoms with E-state index in [0.717, 1.165) is 19.6 Å². The standard InChI is InChI=1S/C26H33N3O4S/c1-21-19-29(20-22(2)33-21)34(31,32)25-12-10-24(11-13-25)26(30)28-17-15-27(16-18-28)14-6-9-23-7-4-3-5-8-23/h3-13,21-22H,14-20H2,1-2H3. The Morgan fingerprint density at radius 3 is 2.18 bits per heavy atom. The first-order valence-electron chi connectivity index (χ1n) is 11.8. The monoisotopic (exact) mass is 483 g/mol.